The lowest BCUT2D eigenvalue weighted by molar-refractivity contribution is 0.395. The third kappa shape index (κ3) is 2.84. The Hall–Kier alpha value is -2.87. The van der Waals surface area contributed by atoms with Crippen molar-refractivity contribution in [3.8, 4) is 0 Å². The van der Waals surface area contributed by atoms with E-state index < -0.39 is 0 Å². The van der Waals surface area contributed by atoms with Crippen LogP contribution < -0.4 is 4.90 Å². The van der Waals surface area contributed by atoms with E-state index >= 15 is 0 Å². The van der Waals surface area contributed by atoms with Crippen LogP contribution in [0.5, 0.6) is 0 Å². The maximum atomic E-state index is 5.24. The van der Waals surface area contributed by atoms with Crippen molar-refractivity contribution in [2.75, 3.05) is 4.90 Å². The molecule has 0 radical (unpaired) electrons. The van der Waals surface area contributed by atoms with Crippen LogP contribution in [0.4, 0.5) is 11.4 Å². The van der Waals surface area contributed by atoms with Crippen molar-refractivity contribution in [1.82, 2.24) is 0 Å². The fourth-order valence-corrected chi connectivity index (χ4v) is 4.63. The van der Waals surface area contributed by atoms with Gasteiger partial charge in [-0.25, -0.2) is 4.99 Å². The summed E-state index contributed by atoms with van der Waals surface area (Å²) in [5, 5.41) is 0. The Balaban J connectivity index is 2.08. The molecular weight excluding hydrogens is 340 g/mol. The van der Waals surface area contributed by atoms with Gasteiger partial charge < -0.3 is 4.90 Å². The minimum absolute atomic E-state index is 0.0596. The predicted molar refractivity (Wildman–Crippen MR) is 120 cm³/mol. The second-order valence-corrected chi connectivity index (χ2v) is 8.40. The van der Waals surface area contributed by atoms with Gasteiger partial charge in [0.25, 0.3) is 0 Å². The zero-order valence-electron chi connectivity index (χ0n) is 17.2. The number of aliphatic imine (C=N–C) groups is 1. The summed E-state index contributed by atoms with van der Waals surface area (Å²) in [6, 6.07) is 29.9. The zero-order valence-corrected chi connectivity index (χ0v) is 17.2. The molecule has 0 saturated carbocycles. The minimum atomic E-state index is -0.307. The summed E-state index contributed by atoms with van der Waals surface area (Å²) in [5.41, 5.74) is 5.55. The summed E-state index contributed by atoms with van der Waals surface area (Å²) < 4.78 is 0. The van der Waals surface area contributed by atoms with Crippen LogP contribution in [0.15, 0.2) is 89.9 Å². The molecule has 1 atom stereocenters. The van der Waals surface area contributed by atoms with Crippen LogP contribution in [0.2, 0.25) is 0 Å². The van der Waals surface area contributed by atoms with Crippen molar-refractivity contribution in [1.29, 1.82) is 0 Å². The van der Waals surface area contributed by atoms with Crippen LogP contribution in [0.3, 0.4) is 0 Å². The van der Waals surface area contributed by atoms with Gasteiger partial charge in [0.1, 0.15) is 5.54 Å². The molecule has 142 valence electrons. The highest BCUT2D eigenvalue weighted by Gasteiger charge is 2.52. The van der Waals surface area contributed by atoms with E-state index in [1.54, 1.807) is 0 Å². The molecule has 0 saturated heterocycles. The first-order valence-corrected chi connectivity index (χ1v) is 10.1. The van der Waals surface area contributed by atoms with Gasteiger partial charge in [-0.15, -0.1) is 0 Å². The van der Waals surface area contributed by atoms with Crippen LogP contribution in [0, 0.1) is 0 Å². The summed E-state index contributed by atoms with van der Waals surface area (Å²) in [7, 11) is 0. The lowest BCUT2D eigenvalue weighted by Gasteiger charge is -2.48. The number of rotatable bonds is 3. The lowest BCUT2D eigenvalue weighted by atomic mass is 9.79. The molecule has 0 aliphatic carbocycles. The smallest absolute Gasteiger partial charge is 0.109 e. The molecule has 0 aromatic heterocycles. The van der Waals surface area contributed by atoms with Gasteiger partial charge in [-0.05, 0) is 51.0 Å². The first kappa shape index (κ1) is 18.5. The topological polar surface area (TPSA) is 15.6 Å². The average molecular weight is 369 g/mol. The van der Waals surface area contributed by atoms with Crippen molar-refractivity contribution >= 4 is 17.1 Å². The van der Waals surface area contributed by atoms with Gasteiger partial charge in [0.15, 0.2) is 0 Å². The molecule has 0 bridgehead atoms. The molecule has 3 aromatic carbocycles. The summed E-state index contributed by atoms with van der Waals surface area (Å²) in [6.45, 7) is 9.16. The van der Waals surface area contributed by atoms with E-state index in [2.05, 4.69) is 111 Å². The number of para-hydroxylation sites is 2. The van der Waals surface area contributed by atoms with Gasteiger partial charge in [0.2, 0.25) is 0 Å². The number of hydrogen-bond acceptors (Lipinski definition) is 2. The van der Waals surface area contributed by atoms with E-state index in [0.29, 0.717) is 0 Å². The van der Waals surface area contributed by atoms with Crippen molar-refractivity contribution in [2.24, 2.45) is 4.99 Å². The van der Waals surface area contributed by atoms with E-state index in [4.69, 9.17) is 4.99 Å². The van der Waals surface area contributed by atoms with Crippen molar-refractivity contribution < 1.29 is 0 Å². The molecule has 0 N–H and O–H groups in total. The van der Waals surface area contributed by atoms with Crippen LogP contribution in [0.25, 0.3) is 0 Å². The zero-order chi connectivity index (χ0) is 19.8. The molecule has 0 spiro atoms. The predicted octanol–water partition coefficient (Wildman–Crippen LogP) is 6.73. The van der Waals surface area contributed by atoms with Crippen LogP contribution in [0.1, 0.15) is 45.2 Å². The Morgan fingerprint density at radius 3 is 1.96 bits per heavy atom. The van der Waals surface area contributed by atoms with E-state index in [1.807, 2.05) is 6.07 Å². The fraction of sp³-hybridized carbons (Fsp3) is 0.269. The molecule has 1 aliphatic heterocycles. The molecule has 1 unspecified atom stereocenters. The number of nitrogens with zero attached hydrogens (tertiary/aromatic N) is 2. The monoisotopic (exact) mass is 368 g/mol. The molecule has 1 aliphatic rings. The first-order valence-electron chi connectivity index (χ1n) is 10.1. The summed E-state index contributed by atoms with van der Waals surface area (Å²) in [5.74, 6) is 0. The highest BCUT2D eigenvalue weighted by molar-refractivity contribution is 6.18. The second kappa shape index (κ2) is 6.94. The Bertz CT molecular complexity index is 984. The largest absolute Gasteiger partial charge is 0.351 e. The minimum Gasteiger partial charge on any atom is -0.351 e. The Morgan fingerprint density at radius 1 is 0.786 bits per heavy atom. The first-order chi connectivity index (χ1) is 13.5. The SMILES string of the molecule is CCC1(c2ccccc2)C(=Nc2ccccc2)c2ccccc2N1C(C)(C)C. The molecular formula is C26H28N2. The third-order valence-corrected chi connectivity index (χ3v) is 5.60. The number of fused-ring (bicyclic) bond motifs is 1. The van der Waals surface area contributed by atoms with Crippen molar-refractivity contribution in [2.45, 2.75) is 45.2 Å². The normalized spacial score (nSPS) is 20.4. The summed E-state index contributed by atoms with van der Waals surface area (Å²) >= 11 is 0. The van der Waals surface area contributed by atoms with E-state index in [1.165, 1.54) is 16.8 Å². The second-order valence-electron chi connectivity index (χ2n) is 8.40. The highest BCUT2D eigenvalue weighted by Crippen LogP contribution is 2.51. The molecule has 2 heteroatoms. The van der Waals surface area contributed by atoms with Crippen LogP contribution in [-0.2, 0) is 5.54 Å². The van der Waals surface area contributed by atoms with E-state index in [9.17, 15) is 0 Å². The Labute approximate surface area is 168 Å². The van der Waals surface area contributed by atoms with Gasteiger partial charge in [-0.2, -0.15) is 0 Å². The van der Waals surface area contributed by atoms with Crippen LogP contribution in [-0.4, -0.2) is 11.3 Å². The fourth-order valence-electron chi connectivity index (χ4n) is 4.63. The van der Waals surface area contributed by atoms with E-state index in [0.717, 1.165) is 17.8 Å². The van der Waals surface area contributed by atoms with Gasteiger partial charge in [0.05, 0.1) is 11.4 Å². The van der Waals surface area contributed by atoms with Crippen molar-refractivity contribution in [3.05, 3.63) is 96.1 Å². The van der Waals surface area contributed by atoms with Gasteiger partial charge in [0, 0.05) is 16.8 Å². The molecule has 4 rings (SSSR count). The maximum absolute atomic E-state index is 5.24. The van der Waals surface area contributed by atoms with Gasteiger partial charge in [-0.1, -0.05) is 73.7 Å². The molecule has 0 amide bonds. The third-order valence-electron chi connectivity index (χ3n) is 5.60. The molecule has 3 aromatic rings. The summed E-state index contributed by atoms with van der Waals surface area (Å²) in [4.78, 5) is 7.81. The van der Waals surface area contributed by atoms with Crippen molar-refractivity contribution in [3.63, 3.8) is 0 Å². The van der Waals surface area contributed by atoms with Gasteiger partial charge in [-0.3, -0.25) is 0 Å². The molecule has 28 heavy (non-hydrogen) atoms. The quantitative estimate of drug-likeness (QED) is 0.500. The van der Waals surface area contributed by atoms with E-state index in [-0.39, 0.29) is 11.1 Å². The highest BCUT2D eigenvalue weighted by atomic mass is 15.3. The maximum Gasteiger partial charge on any atom is 0.109 e. The number of anilines is 1. The Morgan fingerprint density at radius 2 is 1.36 bits per heavy atom. The summed E-state index contributed by atoms with van der Waals surface area (Å²) in [6.07, 6.45) is 0.939. The Kier molecular flexibility index (Phi) is 4.58. The average Bonchev–Trinajstić information content (AvgIpc) is 3.00. The van der Waals surface area contributed by atoms with Gasteiger partial charge >= 0.3 is 0 Å². The number of benzene rings is 3. The van der Waals surface area contributed by atoms with Crippen LogP contribution >= 0.6 is 0 Å². The lowest BCUT2D eigenvalue weighted by Crippen LogP contribution is -2.56. The molecule has 2 nitrogen and oxygen atoms in total. The molecule has 0 fully saturated rings. The number of hydrogen-bond donors (Lipinski definition) is 0. The molecule has 1 heterocycles. The standard InChI is InChI=1S/C26H28N2/c1-5-26(20-14-8-6-9-15-20)24(27-21-16-10-7-11-17-21)22-18-12-13-19-23(22)28(26)25(2,3)4/h6-19H,5H2,1-4H3.